The van der Waals surface area contributed by atoms with Crippen molar-refractivity contribution in [2.75, 3.05) is 5.73 Å². The van der Waals surface area contributed by atoms with Crippen molar-refractivity contribution in [3.05, 3.63) is 35.3 Å². The van der Waals surface area contributed by atoms with Crippen LogP contribution in [0.2, 0.25) is 0 Å². The highest BCUT2D eigenvalue weighted by Crippen LogP contribution is 2.25. The van der Waals surface area contributed by atoms with E-state index in [1.165, 1.54) is 6.07 Å². The summed E-state index contributed by atoms with van der Waals surface area (Å²) >= 11 is 0. The fourth-order valence-electron chi connectivity index (χ4n) is 1.50. The Kier molecular flexibility index (Phi) is 2.11. The van der Waals surface area contributed by atoms with Gasteiger partial charge in [-0.15, -0.1) is 0 Å². The third-order valence-corrected chi connectivity index (χ3v) is 2.36. The van der Waals surface area contributed by atoms with Gasteiger partial charge in [0.2, 0.25) is 0 Å². The number of carbonyl (C=O) groups is 1. The molecule has 1 aromatic carbocycles. The van der Waals surface area contributed by atoms with Gasteiger partial charge in [0.15, 0.2) is 6.29 Å². The highest BCUT2D eigenvalue weighted by atomic mass is 19.1. The fraction of sp³-hybridized carbons (Fsp3) is 0.0909. The van der Waals surface area contributed by atoms with Gasteiger partial charge < -0.3 is 5.73 Å². The summed E-state index contributed by atoms with van der Waals surface area (Å²) in [5, 5.41) is 0.637. The molecule has 76 valence electrons. The van der Waals surface area contributed by atoms with E-state index in [2.05, 4.69) is 4.98 Å². The maximum absolute atomic E-state index is 13.3. The van der Waals surface area contributed by atoms with Gasteiger partial charge in [0.05, 0.1) is 11.2 Å². The molecule has 15 heavy (non-hydrogen) atoms. The van der Waals surface area contributed by atoms with E-state index in [1.54, 1.807) is 19.1 Å². The largest absolute Gasteiger partial charge is 0.397 e. The number of aldehydes is 1. The monoisotopic (exact) mass is 204 g/mol. The Hall–Kier alpha value is -1.97. The Labute approximate surface area is 85.7 Å². The van der Waals surface area contributed by atoms with Crippen molar-refractivity contribution in [2.45, 2.75) is 6.92 Å². The summed E-state index contributed by atoms with van der Waals surface area (Å²) in [6.45, 7) is 1.65. The first-order valence-corrected chi connectivity index (χ1v) is 4.44. The van der Waals surface area contributed by atoms with Crippen LogP contribution in [0.5, 0.6) is 0 Å². The predicted molar refractivity (Wildman–Crippen MR) is 56.2 cm³/mol. The maximum atomic E-state index is 13.3. The zero-order valence-electron chi connectivity index (χ0n) is 8.12. The van der Waals surface area contributed by atoms with Crippen molar-refractivity contribution >= 4 is 22.9 Å². The van der Waals surface area contributed by atoms with Crippen LogP contribution in [0.3, 0.4) is 0 Å². The zero-order valence-corrected chi connectivity index (χ0v) is 8.12. The van der Waals surface area contributed by atoms with Crippen molar-refractivity contribution in [3.63, 3.8) is 0 Å². The lowest BCUT2D eigenvalue weighted by atomic mass is 10.1. The number of halogens is 1. The van der Waals surface area contributed by atoms with Gasteiger partial charge in [-0.25, -0.2) is 9.37 Å². The van der Waals surface area contributed by atoms with Crippen LogP contribution in [0.4, 0.5) is 10.1 Å². The number of aromatic nitrogens is 1. The van der Waals surface area contributed by atoms with E-state index in [1.807, 2.05) is 0 Å². The second kappa shape index (κ2) is 3.31. The molecule has 1 aromatic heterocycles. The second-order valence-electron chi connectivity index (χ2n) is 3.32. The van der Waals surface area contributed by atoms with Crippen LogP contribution in [-0.2, 0) is 0 Å². The number of carbonyl (C=O) groups excluding carboxylic acids is 1. The van der Waals surface area contributed by atoms with E-state index in [0.29, 0.717) is 28.4 Å². The lowest BCUT2D eigenvalue weighted by Crippen LogP contribution is -1.97. The molecule has 2 rings (SSSR count). The van der Waals surface area contributed by atoms with Gasteiger partial charge in [0.1, 0.15) is 11.5 Å². The molecule has 0 unspecified atom stereocenters. The number of nitrogen functional groups attached to an aromatic ring is 1. The lowest BCUT2D eigenvalue weighted by Gasteiger charge is -2.06. The normalized spacial score (nSPS) is 10.5. The van der Waals surface area contributed by atoms with Crippen molar-refractivity contribution < 1.29 is 9.18 Å². The molecule has 1 heterocycles. The van der Waals surface area contributed by atoms with Crippen molar-refractivity contribution in [2.24, 2.45) is 0 Å². The van der Waals surface area contributed by atoms with Gasteiger partial charge in [0, 0.05) is 5.39 Å². The topological polar surface area (TPSA) is 56.0 Å². The summed E-state index contributed by atoms with van der Waals surface area (Å²) in [7, 11) is 0. The molecule has 2 N–H and O–H groups in total. The summed E-state index contributed by atoms with van der Waals surface area (Å²) in [5.41, 5.74) is 7.13. The van der Waals surface area contributed by atoms with E-state index in [9.17, 15) is 9.18 Å². The van der Waals surface area contributed by atoms with Gasteiger partial charge in [-0.05, 0) is 24.6 Å². The summed E-state index contributed by atoms with van der Waals surface area (Å²) in [6.07, 6.45) is 0.636. The highest BCUT2D eigenvalue weighted by molar-refractivity contribution is 5.93. The molecule has 3 nitrogen and oxygen atoms in total. The van der Waals surface area contributed by atoms with Crippen LogP contribution < -0.4 is 5.73 Å². The minimum atomic E-state index is -0.361. The summed E-state index contributed by atoms with van der Waals surface area (Å²) < 4.78 is 13.3. The summed E-state index contributed by atoms with van der Waals surface area (Å²) in [6, 6.07) is 4.42. The van der Waals surface area contributed by atoms with Crippen LogP contribution in [0.1, 0.15) is 16.1 Å². The Balaban J connectivity index is 2.89. The molecule has 0 aliphatic carbocycles. The van der Waals surface area contributed by atoms with E-state index in [0.717, 1.165) is 0 Å². The first-order valence-electron chi connectivity index (χ1n) is 4.44. The molecule has 0 fully saturated rings. The molecule has 0 spiro atoms. The molecule has 0 aliphatic heterocycles. The molecule has 0 saturated heterocycles. The van der Waals surface area contributed by atoms with E-state index >= 15 is 0 Å². The lowest BCUT2D eigenvalue weighted by molar-refractivity contribution is 0.111. The van der Waals surface area contributed by atoms with Gasteiger partial charge >= 0.3 is 0 Å². The number of fused-ring (bicyclic) bond motifs is 1. The Morgan fingerprint density at radius 3 is 2.87 bits per heavy atom. The van der Waals surface area contributed by atoms with E-state index in [-0.39, 0.29) is 11.5 Å². The zero-order chi connectivity index (χ0) is 11.0. The number of nitrogens with zero attached hydrogens (tertiary/aromatic N) is 1. The second-order valence-corrected chi connectivity index (χ2v) is 3.32. The number of benzene rings is 1. The highest BCUT2D eigenvalue weighted by Gasteiger charge is 2.08. The van der Waals surface area contributed by atoms with Gasteiger partial charge in [-0.1, -0.05) is 6.07 Å². The number of pyridine rings is 1. The minimum Gasteiger partial charge on any atom is -0.397 e. The van der Waals surface area contributed by atoms with Gasteiger partial charge in [0.25, 0.3) is 0 Å². The average molecular weight is 204 g/mol. The third-order valence-electron chi connectivity index (χ3n) is 2.36. The number of aryl methyl sites for hydroxylation is 1. The van der Waals surface area contributed by atoms with Gasteiger partial charge in [-0.3, -0.25) is 4.79 Å². The smallest absolute Gasteiger partial charge is 0.168 e. The molecule has 2 aromatic rings. The van der Waals surface area contributed by atoms with Crippen LogP contribution in [-0.4, -0.2) is 11.3 Å². The SMILES string of the molecule is Cc1c(F)cc(N)c2nc(C=O)ccc12. The van der Waals surface area contributed by atoms with Gasteiger partial charge in [-0.2, -0.15) is 0 Å². The first kappa shape index (κ1) is 9.58. The molecule has 0 amide bonds. The number of nitrogens with two attached hydrogens (primary N) is 1. The molecule has 0 atom stereocenters. The number of rotatable bonds is 1. The minimum absolute atomic E-state index is 0.247. The average Bonchev–Trinajstić information content (AvgIpc) is 2.25. The van der Waals surface area contributed by atoms with Crippen LogP contribution in [0.15, 0.2) is 18.2 Å². The molecular weight excluding hydrogens is 195 g/mol. The van der Waals surface area contributed by atoms with Crippen LogP contribution in [0, 0.1) is 12.7 Å². The Morgan fingerprint density at radius 1 is 1.47 bits per heavy atom. The maximum Gasteiger partial charge on any atom is 0.168 e. The number of hydrogen-bond acceptors (Lipinski definition) is 3. The molecular formula is C11H9FN2O. The number of anilines is 1. The summed E-state index contributed by atoms with van der Waals surface area (Å²) in [4.78, 5) is 14.6. The third kappa shape index (κ3) is 1.44. The Bertz CT molecular complexity index is 552. The molecule has 0 radical (unpaired) electrons. The fourth-order valence-corrected chi connectivity index (χ4v) is 1.50. The van der Waals surface area contributed by atoms with E-state index in [4.69, 9.17) is 5.73 Å². The summed E-state index contributed by atoms with van der Waals surface area (Å²) in [5.74, 6) is -0.361. The van der Waals surface area contributed by atoms with Crippen molar-refractivity contribution in [3.8, 4) is 0 Å². The van der Waals surface area contributed by atoms with Crippen LogP contribution in [0.25, 0.3) is 10.9 Å². The van der Waals surface area contributed by atoms with E-state index < -0.39 is 0 Å². The van der Waals surface area contributed by atoms with Crippen molar-refractivity contribution in [1.29, 1.82) is 0 Å². The Morgan fingerprint density at radius 2 is 2.20 bits per heavy atom. The van der Waals surface area contributed by atoms with Crippen molar-refractivity contribution in [1.82, 2.24) is 4.98 Å². The quantitative estimate of drug-likeness (QED) is 0.571. The van der Waals surface area contributed by atoms with Crippen LogP contribution >= 0.6 is 0 Å². The standard InChI is InChI=1S/C11H9FN2O/c1-6-8-3-2-7(5-15)14-11(8)10(13)4-9(6)12/h2-5H,13H2,1H3. The molecule has 0 aliphatic rings. The first-order chi connectivity index (χ1) is 7.13. The predicted octanol–water partition coefficient (Wildman–Crippen LogP) is 2.08. The molecule has 0 saturated carbocycles. The molecule has 4 heteroatoms. The molecule has 0 bridgehead atoms. The number of hydrogen-bond donors (Lipinski definition) is 1.